The van der Waals surface area contributed by atoms with Crippen LogP contribution in [0.1, 0.15) is 41.2 Å². The van der Waals surface area contributed by atoms with Gasteiger partial charge in [0.1, 0.15) is 12.4 Å². The number of hydrogen-bond donors (Lipinski definition) is 2. The van der Waals surface area contributed by atoms with Crippen LogP contribution in [0.5, 0.6) is 5.75 Å². The van der Waals surface area contributed by atoms with Gasteiger partial charge >= 0.3 is 0 Å². The van der Waals surface area contributed by atoms with E-state index in [4.69, 9.17) is 9.47 Å². The van der Waals surface area contributed by atoms with E-state index in [9.17, 15) is 9.59 Å². The topological polar surface area (TPSA) is 76.7 Å². The highest BCUT2D eigenvalue weighted by atomic mass is 16.5. The molecule has 1 aliphatic heterocycles. The van der Waals surface area contributed by atoms with Crippen molar-refractivity contribution in [2.24, 2.45) is 0 Å². The number of benzene rings is 3. The predicted molar refractivity (Wildman–Crippen MR) is 127 cm³/mol. The number of hydrogen-bond acceptors (Lipinski definition) is 4. The number of amides is 2. The maximum atomic E-state index is 12.9. The molecular formula is C27H28N2O4. The summed E-state index contributed by atoms with van der Waals surface area (Å²) in [5.41, 5.74) is 2.06. The molecule has 0 aliphatic carbocycles. The van der Waals surface area contributed by atoms with Crippen LogP contribution in [0.2, 0.25) is 0 Å². The van der Waals surface area contributed by atoms with Gasteiger partial charge in [0, 0.05) is 23.9 Å². The molecule has 1 aliphatic rings. The van der Waals surface area contributed by atoms with Crippen LogP contribution in [-0.4, -0.2) is 31.1 Å². The molecule has 2 unspecified atom stereocenters. The van der Waals surface area contributed by atoms with E-state index in [1.54, 1.807) is 18.2 Å². The minimum atomic E-state index is -0.460. The fraction of sp³-hybridized carbons (Fsp3) is 0.259. The quantitative estimate of drug-likeness (QED) is 0.500. The van der Waals surface area contributed by atoms with Crippen LogP contribution in [0.3, 0.4) is 0 Å². The average Bonchev–Trinajstić information content (AvgIpc) is 3.37. The molecule has 0 bridgehead atoms. The molecule has 0 aromatic heterocycles. The van der Waals surface area contributed by atoms with Gasteiger partial charge in [-0.05, 0) is 42.7 Å². The van der Waals surface area contributed by atoms with E-state index in [1.165, 1.54) is 0 Å². The third-order valence-corrected chi connectivity index (χ3v) is 5.51. The van der Waals surface area contributed by atoms with Gasteiger partial charge in [-0.3, -0.25) is 9.59 Å². The Kier molecular flexibility index (Phi) is 7.72. The summed E-state index contributed by atoms with van der Waals surface area (Å²) < 4.78 is 11.4. The zero-order chi connectivity index (χ0) is 22.9. The second-order valence-electron chi connectivity index (χ2n) is 8.03. The minimum absolute atomic E-state index is 0.101. The van der Waals surface area contributed by atoms with Gasteiger partial charge in [0.15, 0.2) is 0 Å². The fourth-order valence-corrected chi connectivity index (χ4v) is 3.79. The van der Waals surface area contributed by atoms with E-state index in [0.717, 1.165) is 25.0 Å². The Labute approximate surface area is 193 Å². The van der Waals surface area contributed by atoms with Gasteiger partial charge < -0.3 is 20.1 Å². The highest BCUT2D eigenvalue weighted by molar-refractivity contribution is 5.95. The number of carbonyl (C=O) groups is 2. The molecule has 2 amide bonds. The molecule has 6 nitrogen and oxygen atoms in total. The Bertz CT molecular complexity index is 1050. The third kappa shape index (κ3) is 6.67. The lowest BCUT2D eigenvalue weighted by Crippen LogP contribution is -2.31. The average molecular weight is 445 g/mol. The van der Waals surface area contributed by atoms with Crippen molar-refractivity contribution in [2.45, 2.75) is 31.4 Å². The molecule has 3 aromatic carbocycles. The lowest BCUT2D eigenvalue weighted by Gasteiger charge is -2.19. The van der Waals surface area contributed by atoms with Crippen molar-refractivity contribution in [3.63, 3.8) is 0 Å². The monoisotopic (exact) mass is 444 g/mol. The summed E-state index contributed by atoms with van der Waals surface area (Å²) in [4.78, 5) is 25.6. The van der Waals surface area contributed by atoms with Crippen LogP contribution in [-0.2, 0) is 9.53 Å². The summed E-state index contributed by atoms with van der Waals surface area (Å²) >= 11 is 0. The van der Waals surface area contributed by atoms with Crippen molar-refractivity contribution in [1.82, 2.24) is 5.32 Å². The molecule has 33 heavy (non-hydrogen) atoms. The summed E-state index contributed by atoms with van der Waals surface area (Å²) in [6.45, 7) is 1.28. The van der Waals surface area contributed by atoms with Crippen molar-refractivity contribution in [2.75, 3.05) is 18.5 Å². The fourth-order valence-electron chi connectivity index (χ4n) is 3.79. The molecule has 0 spiro atoms. The molecule has 0 radical (unpaired) electrons. The molecule has 6 heteroatoms. The number of nitrogens with one attached hydrogen (secondary N) is 2. The molecule has 1 fully saturated rings. The molecule has 2 atom stereocenters. The Morgan fingerprint density at radius 3 is 2.45 bits per heavy atom. The molecule has 0 saturated carbocycles. The van der Waals surface area contributed by atoms with Gasteiger partial charge in [-0.2, -0.15) is 0 Å². The summed E-state index contributed by atoms with van der Waals surface area (Å²) in [6, 6.07) is 25.3. The van der Waals surface area contributed by atoms with Gasteiger partial charge in [0.2, 0.25) is 5.91 Å². The van der Waals surface area contributed by atoms with Crippen LogP contribution in [0.15, 0.2) is 84.9 Å². The van der Waals surface area contributed by atoms with Gasteiger partial charge in [-0.1, -0.05) is 54.6 Å². The van der Waals surface area contributed by atoms with Crippen LogP contribution in [0.4, 0.5) is 5.69 Å². The van der Waals surface area contributed by atoms with Gasteiger partial charge in [0.25, 0.3) is 5.91 Å². The summed E-state index contributed by atoms with van der Waals surface area (Å²) in [5, 5.41) is 5.91. The Morgan fingerprint density at radius 1 is 0.970 bits per heavy atom. The predicted octanol–water partition coefficient (Wildman–Crippen LogP) is 4.74. The van der Waals surface area contributed by atoms with E-state index >= 15 is 0 Å². The van der Waals surface area contributed by atoms with Crippen molar-refractivity contribution in [3.8, 4) is 5.75 Å². The van der Waals surface area contributed by atoms with Crippen molar-refractivity contribution in [3.05, 3.63) is 96.1 Å². The minimum Gasteiger partial charge on any atom is -0.491 e. The maximum Gasteiger partial charge on any atom is 0.251 e. The van der Waals surface area contributed by atoms with Crippen LogP contribution in [0.25, 0.3) is 0 Å². The largest absolute Gasteiger partial charge is 0.491 e. The third-order valence-electron chi connectivity index (χ3n) is 5.51. The van der Waals surface area contributed by atoms with E-state index < -0.39 is 6.04 Å². The maximum absolute atomic E-state index is 12.9. The van der Waals surface area contributed by atoms with Gasteiger partial charge in [0.05, 0.1) is 18.6 Å². The van der Waals surface area contributed by atoms with Gasteiger partial charge in [-0.15, -0.1) is 0 Å². The number of anilines is 1. The van der Waals surface area contributed by atoms with Crippen molar-refractivity contribution in [1.29, 1.82) is 0 Å². The first-order chi connectivity index (χ1) is 16.2. The molecule has 1 saturated heterocycles. The van der Waals surface area contributed by atoms with Crippen LogP contribution in [0, 0.1) is 0 Å². The number of ether oxygens (including phenoxy) is 2. The lowest BCUT2D eigenvalue weighted by atomic mass is 10.0. The van der Waals surface area contributed by atoms with E-state index in [1.807, 2.05) is 66.7 Å². The first-order valence-electron chi connectivity index (χ1n) is 11.2. The normalized spacial score (nSPS) is 16.1. The molecule has 3 aromatic rings. The Hall–Kier alpha value is -3.64. The Balaban J connectivity index is 1.39. The zero-order valence-electron chi connectivity index (χ0n) is 18.4. The number of carbonyl (C=O) groups excluding carboxylic acids is 2. The standard InChI is InChI=1S/C27H28N2O4/c30-26(28-22-13-7-14-23(17-22)33-19-24-15-8-16-32-24)18-25(20-9-3-1-4-10-20)29-27(31)21-11-5-2-6-12-21/h1-7,9-14,17,24-25H,8,15-16,18-19H2,(H,28,30)(H,29,31). The second-order valence-corrected chi connectivity index (χ2v) is 8.03. The first kappa shape index (κ1) is 22.6. The molecule has 4 rings (SSSR count). The molecule has 2 N–H and O–H groups in total. The highest BCUT2D eigenvalue weighted by Crippen LogP contribution is 2.22. The van der Waals surface area contributed by atoms with Crippen LogP contribution >= 0.6 is 0 Å². The molecule has 1 heterocycles. The summed E-state index contributed by atoms with van der Waals surface area (Å²) in [5.74, 6) is 0.260. The molecule has 170 valence electrons. The van der Waals surface area contributed by atoms with E-state index in [0.29, 0.717) is 23.6 Å². The number of rotatable bonds is 9. The van der Waals surface area contributed by atoms with Crippen molar-refractivity contribution >= 4 is 17.5 Å². The summed E-state index contributed by atoms with van der Waals surface area (Å²) in [7, 11) is 0. The first-order valence-corrected chi connectivity index (χ1v) is 11.2. The Morgan fingerprint density at radius 2 is 1.73 bits per heavy atom. The molecular weight excluding hydrogens is 416 g/mol. The van der Waals surface area contributed by atoms with E-state index in [-0.39, 0.29) is 24.3 Å². The smallest absolute Gasteiger partial charge is 0.251 e. The zero-order valence-corrected chi connectivity index (χ0v) is 18.4. The SMILES string of the molecule is O=C(CC(NC(=O)c1ccccc1)c1ccccc1)Nc1cccc(OCC2CCCO2)c1. The highest BCUT2D eigenvalue weighted by Gasteiger charge is 2.20. The van der Waals surface area contributed by atoms with Gasteiger partial charge in [-0.25, -0.2) is 0 Å². The van der Waals surface area contributed by atoms with Crippen molar-refractivity contribution < 1.29 is 19.1 Å². The van der Waals surface area contributed by atoms with Crippen LogP contribution < -0.4 is 15.4 Å². The van der Waals surface area contributed by atoms with E-state index in [2.05, 4.69) is 10.6 Å². The lowest BCUT2D eigenvalue weighted by molar-refractivity contribution is -0.116. The summed E-state index contributed by atoms with van der Waals surface area (Å²) in [6.07, 6.45) is 2.30. The second kappa shape index (κ2) is 11.3.